The highest BCUT2D eigenvalue weighted by Crippen LogP contribution is 1.81. The van der Waals surface area contributed by atoms with Crippen molar-refractivity contribution >= 4 is 6.21 Å². The van der Waals surface area contributed by atoms with Crippen molar-refractivity contribution in [2.24, 2.45) is 4.99 Å². The Balaban J connectivity index is 3.33. The Labute approximate surface area is 63.3 Å². The molecule has 0 bridgehead atoms. The smallest absolute Gasteiger partial charge is 0.0501 e. The van der Waals surface area contributed by atoms with E-state index in [1.54, 1.807) is 7.05 Å². The Bertz CT molecular complexity index is 99.0. The summed E-state index contributed by atoms with van der Waals surface area (Å²) in [5.74, 6) is 0. The van der Waals surface area contributed by atoms with Gasteiger partial charge < -0.3 is 0 Å². The van der Waals surface area contributed by atoms with Crippen LogP contribution in [0.2, 0.25) is 0 Å². The molecule has 0 saturated carbocycles. The SMILES string of the molecule is CN=CCN(C)CN(C)C. The molecule has 0 unspecified atom stereocenters. The first kappa shape index (κ1) is 9.59. The molecule has 0 amide bonds. The second-order valence-electron chi connectivity index (χ2n) is 2.70. The predicted molar refractivity (Wildman–Crippen MR) is 45.6 cm³/mol. The molecule has 0 aliphatic rings. The molecule has 0 fully saturated rings. The third-order valence-corrected chi connectivity index (χ3v) is 1.10. The van der Waals surface area contributed by atoms with Crippen molar-refractivity contribution in [1.29, 1.82) is 0 Å². The summed E-state index contributed by atoms with van der Waals surface area (Å²) < 4.78 is 0. The first-order valence-electron chi connectivity index (χ1n) is 3.40. The van der Waals surface area contributed by atoms with Gasteiger partial charge in [0.25, 0.3) is 0 Å². The van der Waals surface area contributed by atoms with Crippen LogP contribution in [-0.4, -0.2) is 57.4 Å². The Morgan fingerprint density at radius 3 is 2.30 bits per heavy atom. The van der Waals surface area contributed by atoms with Gasteiger partial charge in [0.05, 0.1) is 6.67 Å². The van der Waals surface area contributed by atoms with Gasteiger partial charge in [-0.3, -0.25) is 14.8 Å². The minimum Gasteiger partial charge on any atom is -0.300 e. The largest absolute Gasteiger partial charge is 0.300 e. The van der Waals surface area contributed by atoms with Crippen LogP contribution in [0, 0.1) is 0 Å². The molecule has 0 aliphatic heterocycles. The second-order valence-corrected chi connectivity index (χ2v) is 2.70. The number of hydrogen-bond donors (Lipinski definition) is 0. The second kappa shape index (κ2) is 5.38. The van der Waals surface area contributed by atoms with E-state index in [0.29, 0.717) is 0 Å². The van der Waals surface area contributed by atoms with E-state index in [2.05, 4.69) is 35.9 Å². The normalized spacial score (nSPS) is 12.2. The maximum absolute atomic E-state index is 3.90. The van der Waals surface area contributed by atoms with Gasteiger partial charge in [0.15, 0.2) is 0 Å². The minimum absolute atomic E-state index is 0.925. The zero-order valence-electron chi connectivity index (χ0n) is 7.33. The van der Waals surface area contributed by atoms with Gasteiger partial charge in [-0.05, 0) is 21.1 Å². The van der Waals surface area contributed by atoms with Crippen LogP contribution in [-0.2, 0) is 0 Å². The van der Waals surface area contributed by atoms with E-state index in [-0.39, 0.29) is 0 Å². The lowest BCUT2D eigenvalue weighted by molar-refractivity contribution is 0.233. The summed E-state index contributed by atoms with van der Waals surface area (Å²) in [6, 6.07) is 0. The first-order chi connectivity index (χ1) is 4.66. The maximum Gasteiger partial charge on any atom is 0.0501 e. The summed E-state index contributed by atoms with van der Waals surface area (Å²) in [5.41, 5.74) is 0. The zero-order valence-corrected chi connectivity index (χ0v) is 7.33. The zero-order chi connectivity index (χ0) is 7.98. The van der Waals surface area contributed by atoms with Gasteiger partial charge in [-0.25, -0.2) is 0 Å². The van der Waals surface area contributed by atoms with Crippen molar-refractivity contribution in [1.82, 2.24) is 9.80 Å². The van der Waals surface area contributed by atoms with Gasteiger partial charge in [-0.2, -0.15) is 0 Å². The van der Waals surface area contributed by atoms with Crippen LogP contribution < -0.4 is 0 Å². The van der Waals surface area contributed by atoms with Gasteiger partial charge >= 0.3 is 0 Å². The molecule has 0 N–H and O–H groups in total. The van der Waals surface area contributed by atoms with E-state index in [9.17, 15) is 0 Å². The van der Waals surface area contributed by atoms with Crippen molar-refractivity contribution in [3.8, 4) is 0 Å². The lowest BCUT2D eigenvalue weighted by atomic mass is 10.6. The Morgan fingerprint density at radius 1 is 1.30 bits per heavy atom. The van der Waals surface area contributed by atoms with E-state index in [1.807, 2.05) is 6.21 Å². The standard InChI is InChI=1S/C7H17N3/c1-8-5-6-10(4)7-9(2)3/h5H,6-7H2,1-4H3. The van der Waals surface area contributed by atoms with E-state index >= 15 is 0 Å². The lowest BCUT2D eigenvalue weighted by Gasteiger charge is -2.18. The van der Waals surface area contributed by atoms with Crippen molar-refractivity contribution in [2.45, 2.75) is 0 Å². The van der Waals surface area contributed by atoms with Gasteiger partial charge in [-0.1, -0.05) is 0 Å². The number of nitrogens with zero attached hydrogens (tertiary/aromatic N) is 3. The molecule has 0 atom stereocenters. The summed E-state index contributed by atoms with van der Waals surface area (Å²) in [7, 11) is 7.98. The highest BCUT2D eigenvalue weighted by Gasteiger charge is 1.94. The van der Waals surface area contributed by atoms with Crippen LogP contribution in [0.1, 0.15) is 0 Å². The van der Waals surface area contributed by atoms with Gasteiger partial charge in [-0.15, -0.1) is 0 Å². The molecule has 0 aliphatic carbocycles. The molecule has 3 heteroatoms. The van der Waals surface area contributed by atoms with Crippen LogP contribution in [0.5, 0.6) is 0 Å². The number of aliphatic imine (C=N–C) groups is 1. The van der Waals surface area contributed by atoms with E-state index in [4.69, 9.17) is 0 Å². The van der Waals surface area contributed by atoms with Gasteiger partial charge in [0.2, 0.25) is 0 Å². The molecule has 0 aromatic heterocycles. The number of hydrogen-bond acceptors (Lipinski definition) is 3. The van der Waals surface area contributed by atoms with E-state index < -0.39 is 0 Å². The van der Waals surface area contributed by atoms with Gasteiger partial charge in [0, 0.05) is 19.8 Å². The fraction of sp³-hybridized carbons (Fsp3) is 0.857. The van der Waals surface area contributed by atoms with Crippen molar-refractivity contribution in [3.63, 3.8) is 0 Å². The topological polar surface area (TPSA) is 18.8 Å². The van der Waals surface area contributed by atoms with Gasteiger partial charge in [0.1, 0.15) is 0 Å². The fourth-order valence-electron chi connectivity index (χ4n) is 0.762. The minimum atomic E-state index is 0.925. The van der Waals surface area contributed by atoms with Crippen molar-refractivity contribution in [2.75, 3.05) is 41.4 Å². The quantitative estimate of drug-likeness (QED) is 0.412. The third-order valence-electron chi connectivity index (χ3n) is 1.10. The molecule has 0 aromatic rings. The molecule has 0 saturated heterocycles. The first-order valence-corrected chi connectivity index (χ1v) is 3.40. The molecule has 0 heterocycles. The molecular weight excluding hydrogens is 126 g/mol. The third kappa shape index (κ3) is 5.72. The maximum atomic E-state index is 3.90. The monoisotopic (exact) mass is 143 g/mol. The molecule has 60 valence electrons. The summed E-state index contributed by atoms with van der Waals surface area (Å²) >= 11 is 0. The fourth-order valence-corrected chi connectivity index (χ4v) is 0.762. The molecule has 0 aromatic carbocycles. The average molecular weight is 143 g/mol. The summed E-state index contributed by atoms with van der Waals surface area (Å²) in [4.78, 5) is 8.21. The van der Waals surface area contributed by atoms with E-state index in [1.165, 1.54) is 0 Å². The molecular formula is C7H17N3. The summed E-state index contributed by atoms with van der Waals surface area (Å²) in [6.45, 7) is 1.90. The summed E-state index contributed by atoms with van der Waals surface area (Å²) in [6.07, 6.45) is 1.91. The highest BCUT2D eigenvalue weighted by atomic mass is 15.3. The Morgan fingerprint density at radius 2 is 1.90 bits per heavy atom. The van der Waals surface area contributed by atoms with Crippen molar-refractivity contribution < 1.29 is 0 Å². The predicted octanol–water partition coefficient (Wildman–Crippen LogP) is 0.138. The summed E-state index contributed by atoms with van der Waals surface area (Å²) in [5, 5.41) is 0. The van der Waals surface area contributed by atoms with Crippen LogP contribution in [0.15, 0.2) is 4.99 Å². The van der Waals surface area contributed by atoms with Crippen molar-refractivity contribution in [3.05, 3.63) is 0 Å². The molecule has 0 rings (SSSR count). The highest BCUT2D eigenvalue weighted by molar-refractivity contribution is 5.59. The van der Waals surface area contributed by atoms with Crippen LogP contribution in [0.25, 0.3) is 0 Å². The molecule has 0 radical (unpaired) electrons. The lowest BCUT2D eigenvalue weighted by Crippen LogP contribution is -2.31. The molecule has 3 nitrogen and oxygen atoms in total. The molecule has 0 spiro atoms. The van der Waals surface area contributed by atoms with Crippen LogP contribution in [0.4, 0.5) is 0 Å². The molecule has 10 heavy (non-hydrogen) atoms. The number of rotatable bonds is 4. The Hall–Kier alpha value is -0.410. The average Bonchev–Trinajstić information content (AvgIpc) is 1.82. The van der Waals surface area contributed by atoms with Crippen LogP contribution in [0.3, 0.4) is 0 Å². The van der Waals surface area contributed by atoms with E-state index in [0.717, 1.165) is 13.2 Å². The van der Waals surface area contributed by atoms with Crippen LogP contribution >= 0.6 is 0 Å². The Kier molecular flexibility index (Phi) is 5.16.